The molecule has 0 spiro atoms. The van der Waals surface area contributed by atoms with Crippen molar-refractivity contribution in [3.05, 3.63) is 10.6 Å². The SMILES string of the molecule is CC(C)COC(=O)/C(C#N)=C1\SCCCN1C. The van der Waals surface area contributed by atoms with Gasteiger partial charge in [-0.1, -0.05) is 13.8 Å². The molecule has 17 heavy (non-hydrogen) atoms. The Hall–Kier alpha value is -1.15. The van der Waals surface area contributed by atoms with Gasteiger partial charge in [-0.05, 0) is 12.3 Å². The van der Waals surface area contributed by atoms with Gasteiger partial charge in [0.25, 0.3) is 0 Å². The van der Waals surface area contributed by atoms with Crippen LogP contribution in [-0.2, 0) is 9.53 Å². The molecule has 0 saturated carbocycles. The maximum absolute atomic E-state index is 11.8. The second kappa shape index (κ2) is 6.55. The molecule has 0 radical (unpaired) electrons. The van der Waals surface area contributed by atoms with Gasteiger partial charge in [0.05, 0.1) is 11.6 Å². The Morgan fingerprint density at radius 1 is 1.65 bits per heavy atom. The number of carbonyl (C=O) groups excluding carboxylic acids is 1. The standard InChI is InChI=1S/C12H18N2O2S/c1-9(2)8-16-12(15)10(7-13)11-14(3)5-4-6-17-11/h9H,4-6,8H2,1-3H3/b11-10-. The highest BCUT2D eigenvalue weighted by molar-refractivity contribution is 8.03. The predicted octanol–water partition coefficient (Wildman–Crippen LogP) is 1.99. The number of ether oxygens (including phenoxy) is 1. The third-order valence-electron chi connectivity index (χ3n) is 2.30. The molecule has 1 saturated heterocycles. The molecule has 4 nitrogen and oxygen atoms in total. The monoisotopic (exact) mass is 254 g/mol. The molecule has 1 heterocycles. The van der Waals surface area contributed by atoms with Crippen molar-refractivity contribution in [2.45, 2.75) is 20.3 Å². The van der Waals surface area contributed by atoms with Gasteiger partial charge in [-0.3, -0.25) is 0 Å². The van der Waals surface area contributed by atoms with Crippen LogP contribution in [-0.4, -0.2) is 36.8 Å². The summed E-state index contributed by atoms with van der Waals surface area (Å²) in [5, 5.41) is 9.83. The maximum Gasteiger partial charge on any atom is 0.351 e. The zero-order chi connectivity index (χ0) is 12.8. The molecule has 1 rings (SSSR count). The molecule has 0 aromatic carbocycles. The van der Waals surface area contributed by atoms with E-state index >= 15 is 0 Å². The molecule has 94 valence electrons. The van der Waals surface area contributed by atoms with Gasteiger partial charge in [0, 0.05) is 19.3 Å². The highest BCUT2D eigenvalue weighted by Gasteiger charge is 2.22. The Bertz CT molecular complexity index is 358. The van der Waals surface area contributed by atoms with Crippen LogP contribution in [0.4, 0.5) is 0 Å². The second-order valence-electron chi connectivity index (χ2n) is 4.41. The van der Waals surface area contributed by atoms with E-state index in [9.17, 15) is 4.79 Å². The summed E-state index contributed by atoms with van der Waals surface area (Å²) in [6.45, 7) is 5.17. The number of nitrogens with zero attached hydrogens (tertiary/aromatic N) is 2. The quantitative estimate of drug-likeness (QED) is 0.438. The minimum Gasteiger partial charge on any atom is -0.461 e. The number of rotatable bonds is 3. The molecule has 0 atom stereocenters. The van der Waals surface area contributed by atoms with Gasteiger partial charge in [0.15, 0.2) is 5.57 Å². The Morgan fingerprint density at radius 3 is 2.88 bits per heavy atom. The smallest absolute Gasteiger partial charge is 0.351 e. The minimum atomic E-state index is -0.502. The molecule has 0 aromatic heterocycles. The lowest BCUT2D eigenvalue weighted by Crippen LogP contribution is -2.26. The maximum atomic E-state index is 11.8. The summed E-state index contributed by atoms with van der Waals surface area (Å²) in [5.41, 5.74) is 0.137. The Kier molecular flexibility index (Phi) is 5.36. The van der Waals surface area contributed by atoms with Crippen LogP contribution in [0.5, 0.6) is 0 Å². The highest BCUT2D eigenvalue weighted by atomic mass is 32.2. The van der Waals surface area contributed by atoms with Gasteiger partial charge in [0.2, 0.25) is 0 Å². The lowest BCUT2D eigenvalue weighted by molar-refractivity contribution is -0.139. The van der Waals surface area contributed by atoms with Gasteiger partial charge < -0.3 is 9.64 Å². The molecule has 0 N–H and O–H groups in total. The summed E-state index contributed by atoms with van der Waals surface area (Å²) < 4.78 is 5.10. The van der Waals surface area contributed by atoms with Gasteiger partial charge in [-0.25, -0.2) is 4.79 Å². The molecule has 0 bridgehead atoms. The first-order chi connectivity index (χ1) is 8.06. The van der Waals surface area contributed by atoms with Gasteiger partial charge in [0.1, 0.15) is 6.07 Å². The lowest BCUT2D eigenvalue weighted by Gasteiger charge is -2.27. The Balaban J connectivity index is 2.78. The van der Waals surface area contributed by atoms with Crippen molar-refractivity contribution in [2.75, 3.05) is 26.0 Å². The Morgan fingerprint density at radius 2 is 2.35 bits per heavy atom. The number of thioether (sulfide) groups is 1. The molecule has 1 aliphatic rings. The summed E-state index contributed by atoms with van der Waals surface area (Å²) in [7, 11) is 1.90. The van der Waals surface area contributed by atoms with Crippen LogP contribution in [0, 0.1) is 17.2 Å². The van der Waals surface area contributed by atoms with Gasteiger partial charge in [-0.2, -0.15) is 5.26 Å². The van der Waals surface area contributed by atoms with Crippen LogP contribution in [0.2, 0.25) is 0 Å². The normalized spacial score (nSPS) is 18.9. The fourth-order valence-electron chi connectivity index (χ4n) is 1.44. The fourth-order valence-corrected chi connectivity index (χ4v) is 2.49. The highest BCUT2D eigenvalue weighted by Crippen LogP contribution is 2.28. The van der Waals surface area contributed by atoms with Crippen LogP contribution < -0.4 is 0 Å². The zero-order valence-electron chi connectivity index (χ0n) is 10.5. The van der Waals surface area contributed by atoms with E-state index in [1.54, 1.807) is 11.8 Å². The average molecular weight is 254 g/mol. The molecular weight excluding hydrogens is 236 g/mol. The van der Waals surface area contributed by atoms with E-state index < -0.39 is 5.97 Å². The van der Waals surface area contributed by atoms with E-state index in [0.29, 0.717) is 6.61 Å². The predicted molar refractivity (Wildman–Crippen MR) is 68.1 cm³/mol. The number of carbonyl (C=O) groups is 1. The fraction of sp³-hybridized carbons (Fsp3) is 0.667. The van der Waals surface area contributed by atoms with E-state index in [1.165, 1.54) is 0 Å². The first-order valence-corrected chi connectivity index (χ1v) is 6.70. The topological polar surface area (TPSA) is 53.3 Å². The van der Waals surface area contributed by atoms with Crippen LogP contribution in [0.1, 0.15) is 20.3 Å². The van der Waals surface area contributed by atoms with Crippen molar-refractivity contribution in [3.63, 3.8) is 0 Å². The van der Waals surface area contributed by atoms with E-state index in [1.807, 2.05) is 31.9 Å². The Labute approximate surface area is 107 Å². The zero-order valence-corrected chi connectivity index (χ0v) is 11.3. The van der Waals surface area contributed by atoms with Crippen molar-refractivity contribution in [1.82, 2.24) is 4.90 Å². The first kappa shape index (κ1) is 13.9. The molecule has 0 aliphatic carbocycles. The number of hydrogen-bond acceptors (Lipinski definition) is 5. The lowest BCUT2D eigenvalue weighted by atomic mass is 10.2. The summed E-state index contributed by atoms with van der Waals surface area (Å²) in [6, 6.07) is 1.97. The van der Waals surface area contributed by atoms with Crippen molar-refractivity contribution < 1.29 is 9.53 Å². The van der Waals surface area contributed by atoms with Crippen LogP contribution in [0.25, 0.3) is 0 Å². The first-order valence-electron chi connectivity index (χ1n) is 5.71. The van der Waals surface area contributed by atoms with Crippen LogP contribution >= 0.6 is 11.8 Å². The van der Waals surface area contributed by atoms with Crippen molar-refractivity contribution in [3.8, 4) is 6.07 Å². The molecule has 5 heteroatoms. The summed E-state index contributed by atoms with van der Waals surface area (Å²) in [4.78, 5) is 13.7. The van der Waals surface area contributed by atoms with Crippen molar-refractivity contribution >= 4 is 17.7 Å². The third kappa shape index (κ3) is 3.97. The van der Waals surface area contributed by atoms with E-state index in [0.717, 1.165) is 23.7 Å². The van der Waals surface area contributed by atoms with E-state index in [-0.39, 0.29) is 11.5 Å². The number of hydrogen-bond donors (Lipinski definition) is 0. The van der Waals surface area contributed by atoms with Crippen LogP contribution in [0.15, 0.2) is 10.6 Å². The molecule has 1 aliphatic heterocycles. The average Bonchev–Trinajstić information content (AvgIpc) is 2.30. The minimum absolute atomic E-state index is 0.137. The summed E-state index contributed by atoms with van der Waals surface area (Å²) in [5.74, 6) is 0.723. The molecule has 0 amide bonds. The van der Waals surface area contributed by atoms with Crippen molar-refractivity contribution in [2.24, 2.45) is 5.92 Å². The number of esters is 1. The van der Waals surface area contributed by atoms with E-state index in [2.05, 4.69) is 0 Å². The summed E-state index contributed by atoms with van der Waals surface area (Å²) >= 11 is 1.55. The summed E-state index contributed by atoms with van der Waals surface area (Å²) in [6.07, 6.45) is 1.07. The molecule has 0 aromatic rings. The molecular formula is C12H18N2O2S. The third-order valence-corrected chi connectivity index (χ3v) is 3.58. The van der Waals surface area contributed by atoms with Crippen molar-refractivity contribution in [1.29, 1.82) is 5.26 Å². The molecule has 1 fully saturated rings. The molecule has 0 unspecified atom stereocenters. The number of nitriles is 1. The van der Waals surface area contributed by atoms with E-state index in [4.69, 9.17) is 10.00 Å². The largest absolute Gasteiger partial charge is 0.461 e. The van der Waals surface area contributed by atoms with Gasteiger partial charge in [-0.15, -0.1) is 11.8 Å². The van der Waals surface area contributed by atoms with Crippen LogP contribution in [0.3, 0.4) is 0 Å². The van der Waals surface area contributed by atoms with Gasteiger partial charge >= 0.3 is 5.97 Å². The second-order valence-corrected chi connectivity index (χ2v) is 5.49.